The third-order valence-corrected chi connectivity index (χ3v) is 6.40. The SMILES string of the molecule is CC(NC(=O)c1ccc(NC2=NS(=O)(=O)c3ccccc32)cc1)c1ccc(NC(N)=O)cc1. The van der Waals surface area contributed by atoms with Crippen LogP contribution in [-0.4, -0.2) is 26.2 Å². The van der Waals surface area contributed by atoms with Crippen molar-refractivity contribution in [2.24, 2.45) is 10.1 Å². The summed E-state index contributed by atoms with van der Waals surface area (Å²) >= 11 is 0. The van der Waals surface area contributed by atoms with Crippen LogP contribution in [0.3, 0.4) is 0 Å². The summed E-state index contributed by atoms with van der Waals surface area (Å²) in [4.78, 5) is 23.7. The van der Waals surface area contributed by atoms with Crippen LogP contribution in [0, 0.1) is 0 Å². The topological polar surface area (TPSA) is 143 Å². The van der Waals surface area contributed by atoms with Gasteiger partial charge in [-0.1, -0.05) is 24.3 Å². The molecule has 0 aromatic heterocycles. The van der Waals surface area contributed by atoms with Crippen LogP contribution in [0.2, 0.25) is 0 Å². The molecule has 1 aliphatic heterocycles. The number of benzene rings is 3. The highest BCUT2D eigenvalue weighted by atomic mass is 32.2. The Labute approximate surface area is 190 Å². The average Bonchev–Trinajstić information content (AvgIpc) is 3.04. The van der Waals surface area contributed by atoms with Gasteiger partial charge in [0.2, 0.25) is 0 Å². The van der Waals surface area contributed by atoms with Gasteiger partial charge in [0.15, 0.2) is 5.84 Å². The Kier molecular flexibility index (Phi) is 5.84. The van der Waals surface area contributed by atoms with Crippen LogP contribution in [0.1, 0.15) is 34.5 Å². The lowest BCUT2D eigenvalue weighted by atomic mass is 10.1. The number of nitrogens with two attached hydrogens (primary N) is 1. The summed E-state index contributed by atoms with van der Waals surface area (Å²) in [6.45, 7) is 1.85. The number of hydrogen-bond acceptors (Lipinski definition) is 5. The van der Waals surface area contributed by atoms with Crippen molar-refractivity contribution in [1.82, 2.24) is 5.32 Å². The maximum absolute atomic E-state index is 12.6. The molecule has 0 saturated heterocycles. The number of urea groups is 1. The van der Waals surface area contributed by atoms with E-state index in [9.17, 15) is 18.0 Å². The van der Waals surface area contributed by atoms with E-state index in [0.717, 1.165) is 5.56 Å². The summed E-state index contributed by atoms with van der Waals surface area (Å²) in [6.07, 6.45) is 0. The number of primary amides is 1. The molecule has 5 N–H and O–H groups in total. The summed E-state index contributed by atoms with van der Waals surface area (Å²) in [6, 6.07) is 19.3. The Hall–Kier alpha value is -4.18. The highest BCUT2D eigenvalue weighted by Crippen LogP contribution is 2.26. The van der Waals surface area contributed by atoms with Crippen LogP contribution in [0.4, 0.5) is 16.2 Å². The van der Waals surface area contributed by atoms with Crippen LogP contribution in [0.15, 0.2) is 82.1 Å². The second-order valence-corrected chi connectivity index (χ2v) is 8.99. The minimum absolute atomic E-state index is 0.163. The molecule has 4 rings (SSSR count). The average molecular weight is 464 g/mol. The molecule has 1 unspecified atom stereocenters. The third kappa shape index (κ3) is 4.85. The van der Waals surface area contributed by atoms with E-state index in [-0.39, 0.29) is 22.7 Å². The molecule has 1 heterocycles. The Balaban J connectivity index is 1.41. The van der Waals surface area contributed by atoms with Gasteiger partial charge in [0.1, 0.15) is 4.90 Å². The molecule has 1 atom stereocenters. The quantitative estimate of drug-likeness (QED) is 0.459. The number of nitrogens with zero attached hydrogens (tertiary/aromatic N) is 1. The van der Waals surface area contributed by atoms with Crippen molar-refractivity contribution in [3.8, 4) is 0 Å². The molecule has 168 valence electrons. The fourth-order valence-corrected chi connectivity index (χ4v) is 4.57. The summed E-state index contributed by atoms with van der Waals surface area (Å²) in [5.74, 6) is -0.0230. The number of hydrogen-bond donors (Lipinski definition) is 4. The van der Waals surface area contributed by atoms with Crippen LogP contribution in [-0.2, 0) is 10.0 Å². The van der Waals surface area contributed by atoms with E-state index >= 15 is 0 Å². The molecule has 0 spiro atoms. The molecule has 0 bridgehead atoms. The number of amides is 3. The van der Waals surface area contributed by atoms with E-state index in [2.05, 4.69) is 20.3 Å². The molecule has 3 amide bonds. The van der Waals surface area contributed by atoms with Crippen LogP contribution in [0.5, 0.6) is 0 Å². The smallest absolute Gasteiger partial charge is 0.316 e. The van der Waals surface area contributed by atoms with Gasteiger partial charge in [-0.2, -0.15) is 8.42 Å². The lowest BCUT2D eigenvalue weighted by Crippen LogP contribution is -2.26. The van der Waals surface area contributed by atoms with E-state index < -0.39 is 16.1 Å². The third-order valence-electron chi connectivity index (χ3n) is 5.07. The predicted molar refractivity (Wildman–Crippen MR) is 126 cm³/mol. The second-order valence-electron chi connectivity index (χ2n) is 7.42. The maximum atomic E-state index is 12.6. The number of rotatable bonds is 5. The zero-order valence-corrected chi connectivity index (χ0v) is 18.4. The molecule has 0 fully saturated rings. The van der Waals surface area contributed by atoms with Crippen molar-refractivity contribution in [2.75, 3.05) is 10.6 Å². The molecule has 9 nitrogen and oxygen atoms in total. The first kappa shape index (κ1) is 22.0. The summed E-state index contributed by atoms with van der Waals surface area (Å²) < 4.78 is 28.2. The van der Waals surface area contributed by atoms with Crippen molar-refractivity contribution in [3.63, 3.8) is 0 Å². The Morgan fingerprint density at radius 3 is 2.21 bits per heavy atom. The second kappa shape index (κ2) is 8.75. The molecular weight excluding hydrogens is 442 g/mol. The monoisotopic (exact) mass is 463 g/mol. The Morgan fingerprint density at radius 2 is 1.55 bits per heavy atom. The molecule has 33 heavy (non-hydrogen) atoms. The van der Waals surface area contributed by atoms with Gasteiger partial charge >= 0.3 is 6.03 Å². The van der Waals surface area contributed by atoms with Gasteiger partial charge in [-0.25, -0.2) is 4.79 Å². The minimum Gasteiger partial charge on any atom is -0.351 e. The Morgan fingerprint density at radius 1 is 0.909 bits per heavy atom. The zero-order chi connectivity index (χ0) is 23.6. The van der Waals surface area contributed by atoms with Gasteiger partial charge in [-0.15, -0.1) is 4.40 Å². The van der Waals surface area contributed by atoms with Crippen molar-refractivity contribution < 1.29 is 18.0 Å². The molecular formula is C23H21N5O4S. The fourth-order valence-electron chi connectivity index (χ4n) is 3.40. The Bertz CT molecular complexity index is 1350. The van der Waals surface area contributed by atoms with Gasteiger partial charge in [-0.05, 0) is 61.0 Å². The molecule has 0 aliphatic carbocycles. The van der Waals surface area contributed by atoms with E-state index in [1.54, 1.807) is 66.7 Å². The van der Waals surface area contributed by atoms with Crippen molar-refractivity contribution in [1.29, 1.82) is 0 Å². The van der Waals surface area contributed by atoms with E-state index in [0.29, 0.717) is 22.5 Å². The lowest BCUT2D eigenvalue weighted by Gasteiger charge is -2.15. The molecule has 0 radical (unpaired) electrons. The van der Waals surface area contributed by atoms with Crippen LogP contribution >= 0.6 is 0 Å². The van der Waals surface area contributed by atoms with Gasteiger partial charge in [0.05, 0.1) is 6.04 Å². The van der Waals surface area contributed by atoms with Crippen LogP contribution < -0.4 is 21.7 Å². The number of fused-ring (bicyclic) bond motifs is 1. The molecule has 3 aromatic rings. The van der Waals surface area contributed by atoms with Crippen molar-refractivity contribution in [3.05, 3.63) is 89.5 Å². The molecule has 10 heteroatoms. The molecule has 3 aromatic carbocycles. The van der Waals surface area contributed by atoms with Gasteiger partial charge < -0.3 is 21.7 Å². The normalized spacial score (nSPS) is 14.5. The number of carbonyl (C=O) groups is 2. The van der Waals surface area contributed by atoms with Crippen molar-refractivity contribution in [2.45, 2.75) is 17.9 Å². The number of anilines is 2. The van der Waals surface area contributed by atoms with Crippen molar-refractivity contribution >= 4 is 39.2 Å². The number of nitrogens with one attached hydrogen (secondary N) is 3. The minimum atomic E-state index is -3.71. The first-order valence-electron chi connectivity index (χ1n) is 10.0. The largest absolute Gasteiger partial charge is 0.351 e. The van der Waals surface area contributed by atoms with Crippen LogP contribution in [0.25, 0.3) is 0 Å². The van der Waals surface area contributed by atoms with Gasteiger partial charge in [0.25, 0.3) is 15.9 Å². The zero-order valence-electron chi connectivity index (χ0n) is 17.6. The van der Waals surface area contributed by atoms with E-state index in [1.165, 1.54) is 6.07 Å². The molecule has 1 aliphatic rings. The highest BCUT2D eigenvalue weighted by molar-refractivity contribution is 7.90. The van der Waals surface area contributed by atoms with Gasteiger partial charge in [0, 0.05) is 22.5 Å². The standard InChI is InChI=1S/C23H21N5O4S/c1-14(15-6-10-18(11-7-15)27-23(24)30)25-22(29)16-8-12-17(13-9-16)26-21-19-4-2-3-5-20(19)33(31,32)28-21/h2-14H,1H3,(H,25,29)(H,26,28)(H3,24,27,30). The fraction of sp³-hybridized carbons (Fsp3) is 0.0870. The lowest BCUT2D eigenvalue weighted by molar-refractivity contribution is 0.0940. The summed E-state index contributed by atoms with van der Waals surface area (Å²) in [5, 5.41) is 8.40. The maximum Gasteiger partial charge on any atom is 0.316 e. The first-order valence-corrected chi connectivity index (χ1v) is 11.5. The van der Waals surface area contributed by atoms with E-state index in [4.69, 9.17) is 5.73 Å². The number of carbonyl (C=O) groups excluding carboxylic acids is 2. The van der Waals surface area contributed by atoms with Gasteiger partial charge in [-0.3, -0.25) is 4.79 Å². The summed E-state index contributed by atoms with van der Waals surface area (Å²) in [5.41, 5.74) is 8.07. The highest BCUT2D eigenvalue weighted by Gasteiger charge is 2.28. The number of amidine groups is 1. The molecule has 0 saturated carbocycles. The summed E-state index contributed by atoms with van der Waals surface area (Å²) in [7, 11) is -3.71. The predicted octanol–water partition coefficient (Wildman–Crippen LogP) is 3.23. The first-order chi connectivity index (χ1) is 15.7. The number of sulfonamides is 1. The van der Waals surface area contributed by atoms with E-state index in [1.807, 2.05) is 6.92 Å².